The summed E-state index contributed by atoms with van der Waals surface area (Å²) in [7, 11) is 1.72. The number of fused-ring (bicyclic) bond motifs is 1. The molecule has 0 aromatic carbocycles. The number of ether oxygens (including phenoxy) is 1. The highest BCUT2D eigenvalue weighted by Crippen LogP contribution is 2.24. The van der Waals surface area contributed by atoms with Crippen LogP contribution in [0.15, 0.2) is 17.8 Å². The third-order valence-corrected chi connectivity index (χ3v) is 3.22. The predicted octanol–water partition coefficient (Wildman–Crippen LogP) is 2.39. The number of nitrogens with zero attached hydrogens (tertiary/aromatic N) is 2. The fourth-order valence-corrected chi connectivity index (χ4v) is 2.34. The first-order chi connectivity index (χ1) is 7.81. The molecule has 0 aliphatic rings. The maximum absolute atomic E-state index is 5.09. The molecular weight excluding hydrogens is 222 g/mol. The van der Waals surface area contributed by atoms with Crippen molar-refractivity contribution in [1.82, 2.24) is 9.97 Å². The number of rotatable bonds is 5. The van der Waals surface area contributed by atoms with Gasteiger partial charge in [-0.05, 0) is 17.4 Å². The minimum absolute atomic E-state index is 0.468. The second-order valence-electron chi connectivity index (χ2n) is 3.80. The Kier molecular flexibility index (Phi) is 3.69. The highest BCUT2D eigenvalue weighted by Gasteiger charge is 2.06. The van der Waals surface area contributed by atoms with Gasteiger partial charge >= 0.3 is 0 Å². The first kappa shape index (κ1) is 11.3. The van der Waals surface area contributed by atoms with E-state index in [1.165, 1.54) is 0 Å². The van der Waals surface area contributed by atoms with E-state index in [1.54, 1.807) is 24.8 Å². The van der Waals surface area contributed by atoms with E-state index in [-0.39, 0.29) is 0 Å². The lowest BCUT2D eigenvalue weighted by atomic mass is 10.2. The van der Waals surface area contributed by atoms with E-state index in [9.17, 15) is 0 Å². The van der Waals surface area contributed by atoms with Gasteiger partial charge in [-0.3, -0.25) is 0 Å². The van der Waals surface area contributed by atoms with Crippen LogP contribution in [0.5, 0.6) is 0 Å². The van der Waals surface area contributed by atoms with Crippen LogP contribution in [0.1, 0.15) is 6.92 Å². The summed E-state index contributed by atoms with van der Waals surface area (Å²) in [6.07, 6.45) is 1.60. The van der Waals surface area contributed by atoms with Crippen LogP contribution in [0.25, 0.3) is 10.2 Å². The Morgan fingerprint density at radius 3 is 3.19 bits per heavy atom. The normalized spacial score (nSPS) is 12.9. The molecule has 0 saturated heterocycles. The van der Waals surface area contributed by atoms with Gasteiger partial charge in [0.1, 0.15) is 12.1 Å². The molecule has 1 unspecified atom stereocenters. The third-order valence-electron chi connectivity index (χ3n) is 2.31. The number of aromatic nitrogens is 2. The zero-order valence-electron chi connectivity index (χ0n) is 9.43. The Hall–Kier alpha value is -1.20. The molecule has 0 saturated carbocycles. The van der Waals surface area contributed by atoms with Crippen molar-refractivity contribution in [1.29, 1.82) is 0 Å². The first-order valence-corrected chi connectivity index (χ1v) is 6.10. The Balaban J connectivity index is 2.06. The summed E-state index contributed by atoms with van der Waals surface area (Å²) in [5.41, 5.74) is 1.00. The van der Waals surface area contributed by atoms with Gasteiger partial charge in [-0.2, -0.15) is 0 Å². The molecule has 16 heavy (non-hydrogen) atoms. The Morgan fingerprint density at radius 2 is 2.38 bits per heavy atom. The minimum Gasteiger partial charge on any atom is -0.384 e. The third kappa shape index (κ3) is 2.48. The molecular formula is C11H15N3OS. The number of methoxy groups -OCH3 is 1. The van der Waals surface area contributed by atoms with E-state index in [4.69, 9.17) is 4.74 Å². The summed E-state index contributed by atoms with van der Waals surface area (Å²) in [5, 5.41) is 5.37. The van der Waals surface area contributed by atoms with Crippen molar-refractivity contribution in [3.63, 3.8) is 0 Å². The topological polar surface area (TPSA) is 47.0 Å². The van der Waals surface area contributed by atoms with Crippen molar-refractivity contribution in [3.8, 4) is 0 Å². The lowest BCUT2D eigenvalue weighted by Gasteiger charge is -2.11. The summed E-state index contributed by atoms with van der Waals surface area (Å²) >= 11 is 1.66. The monoisotopic (exact) mass is 237 g/mol. The van der Waals surface area contributed by atoms with E-state index >= 15 is 0 Å². The fourth-order valence-electron chi connectivity index (χ4n) is 1.53. The molecule has 1 N–H and O–H groups in total. The summed E-state index contributed by atoms with van der Waals surface area (Å²) in [5.74, 6) is 1.39. The van der Waals surface area contributed by atoms with E-state index in [0.717, 1.165) is 29.2 Å². The van der Waals surface area contributed by atoms with Crippen LogP contribution >= 0.6 is 11.3 Å². The average Bonchev–Trinajstić information content (AvgIpc) is 2.75. The van der Waals surface area contributed by atoms with Gasteiger partial charge in [0.2, 0.25) is 0 Å². The molecule has 0 bridgehead atoms. The second-order valence-corrected chi connectivity index (χ2v) is 4.71. The smallest absolute Gasteiger partial charge is 0.147 e. The van der Waals surface area contributed by atoms with Crippen LogP contribution in [-0.2, 0) is 4.74 Å². The first-order valence-electron chi connectivity index (χ1n) is 5.22. The molecule has 0 spiro atoms. The maximum atomic E-state index is 5.09. The molecule has 86 valence electrons. The average molecular weight is 237 g/mol. The van der Waals surface area contributed by atoms with Crippen LogP contribution < -0.4 is 5.32 Å². The molecule has 0 amide bonds. The molecule has 0 radical (unpaired) electrons. The van der Waals surface area contributed by atoms with Crippen LogP contribution in [-0.4, -0.2) is 30.2 Å². The second kappa shape index (κ2) is 5.23. The van der Waals surface area contributed by atoms with Crippen molar-refractivity contribution >= 4 is 27.4 Å². The van der Waals surface area contributed by atoms with E-state index < -0.39 is 0 Å². The van der Waals surface area contributed by atoms with Gasteiger partial charge in [0.25, 0.3) is 0 Å². The Labute approximate surface area is 98.7 Å². The minimum atomic E-state index is 0.468. The number of hydrogen-bond donors (Lipinski definition) is 1. The molecule has 2 rings (SSSR count). The van der Waals surface area contributed by atoms with Gasteiger partial charge in [-0.1, -0.05) is 6.92 Å². The molecule has 1 atom stereocenters. The van der Waals surface area contributed by atoms with Crippen molar-refractivity contribution in [2.75, 3.05) is 25.6 Å². The Bertz CT molecular complexity index is 457. The number of thiophene rings is 1. The van der Waals surface area contributed by atoms with Gasteiger partial charge in [0, 0.05) is 13.7 Å². The molecule has 5 heteroatoms. The lowest BCUT2D eigenvalue weighted by molar-refractivity contribution is 0.164. The van der Waals surface area contributed by atoms with Crippen LogP contribution in [0, 0.1) is 5.92 Å². The zero-order chi connectivity index (χ0) is 11.4. The quantitative estimate of drug-likeness (QED) is 0.867. The largest absolute Gasteiger partial charge is 0.384 e. The Morgan fingerprint density at radius 1 is 1.50 bits per heavy atom. The standard InChI is InChI=1S/C11H15N3OS/c1-8(6-15-2)5-12-11-10-9(3-4-16-10)13-7-14-11/h3-4,7-8H,5-6H2,1-2H3,(H,12,13,14). The summed E-state index contributed by atoms with van der Waals surface area (Å²) in [6, 6.07) is 2.01. The van der Waals surface area contributed by atoms with E-state index in [1.807, 2.05) is 11.4 Å². The molecule has 0 aliphatic heterocycles. The van der Waals surface area contributed by atoms with Crippen LogP contribution in [0.3, 0.4) is 0 Å². The van der Waals surface area contributed by atoms with E-state index in [2.05, 4.69) is 22.2 Å². The summed E-state index contributed by atoms with van der Waals surface area (Å²) in [6.45, 7) is 3.76. The number of anilines is 1. The van der Waals surface area contributed by atoms with Gasteiger partial charge in [0.15, 0.2) is 0 Å². The number of hydrogen-bond acceptors (Lipinski definition) is 5. The molecule has 2 aromatic heterocycles. The lowest BCUT2D eigenvalue weighted by Crippen LogP contribution is -2.16. The SMILES string of the molecule is COCC(C)CNc1ncnc2ccsc12. The molecule has 0 fully saturated rings. The summed E-state index contributed by atoms with van der Waals surface area (Å²) in [4.78, 5) is 8.46. The molecule has 4 nitrogen and oxygen atoms in total. The highest BCUT2D eigenvalue weighted by molar-refractivity contribution is 7.17. The van der Waals surface area contributed by atoms with Crippen molar-refractivity contribution < 1.29 is 4.74 Å². The van der Waals surface area contributed by atoms with Crippen molar-refractivity contribution in [2.45, 2.75) is 6.92 Å². The number of nitrogens with one attached hydrogen (secondary N) is 1. The van der Waals surface area contributed by atoms with Crippen LogP contribution in [0.4, 0.5) is 5.82 Å². The fraction of sp³-hybridized carbons (Fsp3) is 0.455. The van der Waals surface area contributed by atoms with Gasteiger partial charge in [-0.25, -0.2) is 9.97 Å². The van der Waals surface area contributed by atoms with Crippen molar-refractivity contribution in [3.05, 3.63) is 17.8 Å². The predicted molar refractivity (Wildman–Crippen MR) is 66.9 cm³/mol. The molecule has 0 aliphatic carbocycles. The van der Waals surface area contributed by atoms with Gasteiger partial charge in [-0.15, -0.1) is 11.3 Å². The van der Waals surface area contributed by atoms with Gasteiger partial charge < -0.3 is 10.1 Å². The van der Waals surface area contributed by atoms with Gasteiger partial charge in [0.05, 0.1) is 16.8 Å². The highest BCUT2D eigenvalue weighted by atomic mass is 32.1. The summed E-state index contributed by atoms with van der Waals surface area (Å²) < 4.78 is 6.21. The van der Waals surface area contributed by atoms with E-state index in [0.29, 0.717) is 5.92 Å². The molecule has 2 aromatic rings. The van der Waals surface area contributed by atoms with Crippen LogP contribution in [0.2, 0.25) is 0 Å². The molecule has 2 heterocycles. The zero-order valence-corrected chi connectivity index (χ0v) is 10.3. The maximum Gasteiger partial charge on any atom is 0.147 e. The van der Waals surface area contributed by atoms with Crippen molar-refractivity contribution in [2.24, 2.45) is 5.92 Å².